The fraction of sp³-hybridized carbons (Fsp3) is 0.500. The zero-order valence-electron chi connectivity index (χ0n) is 13.9. The van der Waals surface area contributed by atoms with Gasteiger partial charge in [0.15, 0.2) is 5.96 Å². The van der Waals surface area contributed by atoms with Crippen LogP contribution in [-0.2, 0) is 11.3 Å². The number of guanidine groups is 1. The summed E-state index contributed by atoms with van der Waals surface area (Å²) < 4.78 is 13.2. The summed E-state index contributed by atoms with van der Waals surface area (Å²) in [5.41, 5.74) is 0.867. The van der Waals surface area contributed by atoms with Crippen LogP contribution in [0.1, 0.15) is 25.3 Å². The number of carbonyl (C=O) groups is 1. The number of hydrogen-bond donors (Lipinski definition) is 2. The molecule has 0 heterocycles. The maximum Gasteiger partial charge on any atom is 0.221 e. The molecule has 0 fully saturated rings. The van der Waals surface area contributed by atoms with Crippen molar-refractivity contribution in [2.24, 2.45) is 4.99 Å². The Bertz CT molecular complexity index is 511. The van der Waals surface area contributed by atoms with Gasteiger partial charge >= 0.3 is 0 Å². The molecule has 2 N–H and O–H groups in total. The summed E-state index contributed by atoms with van der Waals surface area (Å²) in [6, 6.07) is 6.48. The van der Waals surface area contributed by atoms with Crippen molar-refractivity contribution < 1.29 is 9.18 Å². The molecule has 0 atom stereocenters. The summed E-state index contributed by atoms with van der Waals surface area (Å²) >= 11 is 0. The lowest BCUT2D eigenvalue weighted by Gasteiger charge is -2.22. The van der Waals surface area contributed by atoms with Gasteiger partial charge in [0, 0.05) is 40.2 Å². The van der Waals surface area contributed by atoms with E-state index in [4.69, 9.17) is 0 Å². The molecule has 0 saturated heterocycles. The number of carbonyl (C=O) groups excluding carboxylic acids is 1. The van der Waals surface area contributed by atoms with Gasteiger partial charge in [-0.05, 0) is 24.1 Å². The molecular formula is C16H26FIN4O. The first kappa shape index (κ1) is 21.6. The summed E-state index contributed by atoms with van der Waals surface area (Å²) in [6.07, 6.45) is 1.32. The lowest BCUT2D eigenvalue weighted by atomic mass is 10.2. The number of aliphatic imine (C=N–C) groups is 1. The van der Waals surface area contributed by atoms with Crippen LogP contribution in [0.3, 0.4) is 0 Å². The number of nitrogens with zero attached hydrogens (tertiary/aromatic N) is 2. The van der Waals surface area contributed by atoms with Crippen molar-refractivity contribution in [3.05, 3.63) is 35.6 Å². The van der Waals surface area contributed by atoms with Gasteiger partial charge in [-0.2, -0.15) is 0 Å². The van der Waals surface area contributed by atoms with E-state index in [9.17, 15) is 9.18 Å². The molecule has 1 aromatic rings. The highest BCUT2D eigenvalue weighted by Crippen LogP contribution is 2.06. The molecule has 0 aliphatic rings. The summed E-state index contributed by atoms with van der Waals surface area (Å²) in [5, 5.41) is 5.96. The Morgan fingerprint density at radius 1 is 1.30 bits per heavy atom. The van der Waals surface area contributed by atoms with Crippen LogP contribution in [-0.4, -0.2) is 44.0 Å². The molecule has 5 nitrogen and oxygen atoms in total. The zero-order chi connectivity index (χ0) is 16.4. The molecule has 0 saturated carbocycles. The van der Waals surface area contributed by atoms with E-state index < -0.39 is 0 Å². The number of halogens is 2. The molecule has 0 aliphatic carbocycles. The van der Waals surface area contributed by atoms with E-state index in [2.05, 4.69) is 15.6 Å². The highest BCUT2D eigenvalue weighted by Gasteiger charge is 2.08. The second-order valence-corrected chi connectivity index (χ2v) is 5.06. The summed E-state index contributed by atoms with van der Waals surface area (Å²) in [5.74, 6) is 0.451. The molecule has 1 amide bonds. The number of amides is 1. The molecule has 0 spiro atoms. The van der Waals surface area contributed by atoms with E-state index in [1.54, 1.807) is 13.1 Å². The van der Waals surface area contributed by atoms with Crippen LogP contribution in [0.15, 0.2) is 29.3 Å². The molecule has 0 aromatic heterocycles. The Labute approximate surface area is 154 Å². The van der Waals surface area contributed by atoms with Crippen molar-refractivity contribution in [3.8, 4) is 0 Å². The minimum Gasteiger partial charge on any atom is -0.356 e. The van der Waals surface area contributed by atoms with Crippen molar-refractivity contribution in [1.29, 1.82) is 0 Å². The predicted octanol–water partition coefficient (Wildman–Crippen LogP) is 2.37. The Hall–Kier alpha value is -1.38. The molecule has 0 unspecified atom stereocenters. The maximum absolute atomic E-state index is 13.2. The van der Waals surface area contributed by atoms with Crippen LogP contribution < -0.4 is 10.6 Å². The largest absolute Gasteiger partial charge is 0.356 e. The van der Waals surface area contributed by atoms with E-state index in [-0.39, 0.29) is 35.7 Å². The average Bonchev–Trinajstić information content (AvgIpc) is 2.49. The third-order valence-corrected chi connectivity index (χ3v) is 3.09. The number of hydrogen-bond acceptors (Lipinski definition) is 2. The molecule has 1 rings (SSSR count). The molecule has 130 valence electrons. The topological polar surface area (TPSA) is 56.7 Å². The molecule has 0 bridgehead atoms. The Kier molecular flexibility index (Phi) is 11.4. The van der Waals surface area contributed by atoms with Crippen molar-refractivity contribution in [3.63, 3.8) is 0 Å². The second kappa shape index (κ2) is 12.1. The van der Waals surface area contributed by atoms with Crippen molar-refractivity contribution in [2.75, 3.05) is 27.2 Å². The van der Waals surface area contributed by atoms with Gasteiger partial charge in [0.2, 0.25) is 5.91 Å². The molecule has 0 radical (unpaired) electrons. The quantitative estimate of drug-likeness (QED) is 0.392. The monoisotopic (exact) mass is 436 g/mol. The van der Waals surface area contributed by atoms with Crippen LogP contribution in [0, 0.1) is 5.82 Å². The predicted molar refractivity (Wildman–Crippen MR) is 103 cm³/mol. The Morgan fingerprint density at radius 2 is 2.04 bits per heavy atom. The van der Waals surface area contributed by atoms with Crippen molar-refractivity contribution in [1.82, 2.24) is 15.5 Å². The first-order chi connectivity index (χ1) is 10.6. The lowest BCUT2D eigenvalue weighted by Crippen LogP contribution is -2.40. The van der Waals surface area contributed by atoms with Gasteiger partial charge in [-0.3, -0.25) is 9.79 Å². The summed E-state index contributed by atoms with van der Waals surface area (Å²) in [6.45, 7) is 3.77. The third-order valence-electron chi connectivity index (χ3n) is 3.09. The number of rotatable bonds is 7. The van der Waals surface area contributed by atoms with Crippen LogP contribution in [0.5, 0.6) is 0 Å². The fourth-order valence-corrected chi connectivity index (χ4v) is 2.01. The van der Waals surface area contributed by atoms with E-state index >= 15 is 0 Å². The minimum atomic E-state index is -0.249. The van der Waals surface area contributed by atoms with Gasteiger partial charge in [0.25, 0.3) is 0 Å². The molecular weight excluding hydrogens is 410 g/mol. The third kappa shape index (κ3) is 8.73. The normalized spacial score (nSPS) is 10.7. The fourth-order valence-electron chi connectivity index (χ4n) is 2.01. The van der Waals surface area contributed by atoms with Gasteiger partial charge in [0.1, 0.15) is 5.82 Å². The zero-order valence-corrected chi connectivity index (χ0v) is 16.3. The van der Waals surface area contributed by atoms with E-state index in [0.29, 0.717) is 32.0 Å². The van der Waals surface area contributed by atoms with Crippen LogP contribution in [0.25, 0.3) is 0 Å². The first-order valence-corrected chi connectivity index (χ1v) is 7.49. The molecule has 0 aliphatic heterocycles. The Balaban J connectivity index is 0.00000484. The van der Waals surface area contributed by atoms with E-state index in [0.717, 1.165) is 12.0 Å². The molecule has 1 aromatic carbocycles. The molecule has 23 heavy (non-hydrogen) atoms. The summed E-state index contributed by atoms with van der Waals surface area (Å²) in [7, 11) is 3.55. The van der Waals surface area contributed by atoms with Gasteiger partial charge < -0.3 is 15.5 Å². The lowest BCUT2D eigenvalue weighted by molar-refractivity contribution is -0.120. The van der Waals surface area contributed by atoms with E-state index in [1.807, 2.05) is 24.9 Å². The maximum atomic E-state index is 13.2. The van der Waals surface area contributed by atoms with Gasteiger partial charge in [-0.15, -0.1) is 24.0 Å². The highest BCUT2D eigenvalue weighted by atomic mass is 127. The number of nitrogens with one attached hydrogen (secondary N) is 2. The first-order valence-electron chi connectivity index (χ1n) is 7.49. The van der Waals surface area contributed by atoms with E-state index in [1.165, 1.54) is 12.1 Å². The molecule has 7 heteroatoms. The van der Waals surface area contributed by atoms with Gasteiger partial charge in [-0.25, -0.2) is 4.39 Å². The second-order valence-electron chi connectivity index (χ2n) is 5.06. The minimum absolute atomic E-state index is 0. The standard InChI is InChI=1S/C16H25FN4O.HI/c1-4-9-19-15(22)8-10-20-16(18-2)21(3)12-13-6-5-7-14(17)11-13;/h5-7,11H,4,8-10,12H2,1-3H3,(H,18,20)(H,19,22);1H. The van der Waals surface area contributed by atoms with Crippen molar-refractivity contribution >= 4 is 35.8 Å². The van der Waals surface area contributed by atoms with Crippen LogP contribution in [0.4, 0.5) is 4.39 Å². The average molecular weight is 436 g/mol. The summed E-state index contributed by atoms with van der Waals surface area (Å²) in [4.78, 5) is 17.6. The van der Waals surface area contributed by atoms with Gasteiger partial charge in [0.05, 0.1) is 0 Å². The Morgan fingerprint density at radius 3 is 2.65 bits per heavy atom. The van der Waals surface area contributed by atoms with Crippen LogP contribution >= 0.6 is 24.0 Å². The number of benzene rings is 1. The van der Waals surface area contributed by atoms with Crippen LogP contribution in [0.2, 0.25) is 0 Å². The SMILES string of the molecule is CCCNC(=O)CCNC(=NC)N(C)Cc1cccc(F)c1.I. The smallest absolute Gasteiger partial charge is 0.221 e. The van der Waals surface area contributed by atoms with Gasteiger partial charge in [-0.1, -0.05) is 19.1 Å². The highest BCUT2D eigenvalue weighted by molar-refractivity contribution is 14.0. The van der Waals surface area contributed by atoms with Crippen molar-refractivity contribution in [2.45, 2.75) is 26.3 Å².